The molecule has 0 aromatic heterocycles. The standard InChI is InChI=1S/C30H36F3NO5/c1-19-6-4-7-21(12-19)18-37-29(27(35)34-16-20-10-11-20)14-24(26-25(15-29)38-28(2,3)39-26)36-17-22-8-5-9-23(13-22)30(31,32)33/h4-9,12-13,20,24-26H,10-11,14-18H2,1-3H3,(H,34,35)/t24-,25-,26+,29-/m1/s1. The molecule has 4 atom stereocenters. The Hall–Kier alpha value is -2.46. The number of hydrogen-bond donors (Lipinski definition) is 1. The maximum Gasteiger partial charge on any atom is 0.416 e. The monoisotopic (exact) mass is 547 g/mol. The van der Waals surface area contributed by atoms with E-state index in [1.54, 1.807) is 19.9 Å². The molecular formula is C30H36F3NO5. The Morgan fingerprint density at radius 1 is 1.03 bits per heavy atom. The number of carbonyl (C=O) groups excluding carboxylic acids is 1. The summed E-state index contributed by atoms with van der Waals surface area (Å²) in [5.74, 6) is -0.636. The first kappa shape index (κ1) is 28.1. The lowest BCUT2D eigenvalue weighted by molar-refractivity contribution is -0.183. The smallest absolute Gasteiger partial charge is 0.371 e. The number of rotatable bonds is 9. The number of nitrogens with one attached hydrogen (secondary N) is 1. The molecule has 6 nitrogen and oxygen atoms in total. The van der Waals surface area contributed by atoms with Crippen LogP contribution in [0.1, 0.15) is 61.8 Å². The molecule has 0 spiro atoms. The molecule has 2 aliphatic carbocycles. The van der Waals surface area contributed by atoms with Gasteiger partial charge in [0.05, 0.1) is 31.0 Å². The van der Waals surface area contributed by atoms with Crippen molar-refractivity contribution in [1.29, 1.82) is 0 Å². The van der Waals surface area contributed by atoms with E-state index < -0.39 is 41.4 Å². The largest absolute Gasteiger partial charge is 0.416 e. The summed E-state index contributed by atoms with van der Waals surface area (Å²) in [4.78, 5) is 13.8. The van der Waals surface area contributed by atoms with Gasteiger partial charge in [0.15, 0.2) is 11.4 Å². The number of alkyl halides is 3. The second kappa shape index (κ2) is 10.8. The molecule has 212 valence electrons. The van der Waals surface area contributed by atoms with Crippen LogP contribution in [0.25, 0.3) is 0 Å². The minimum Gasteiger partial charge on any atom is -0.371 e. The molecule has 1 N–H and O–H groups in total. The van der Waals surface area contributed by atoms with Crippen LogP contribution in [-0.2, 0) is 43.1 Å². The normalized spacial score (nSPS) is 28.2. The Labute approximate surface area is 227 Å². The van der Waals surface area contributed by atoms with Crippen LogP contribution in [0.2, 0.25) is 0 Å². The van der Waals surface area contributed by atoms with Gasteiger partial charge in [-0.3, -0.25) is 4.79 Å². The van der Waals surface area contributed by atoms with Crippen molar-refractivity contribution >= 4 is 5.91 Å². The maximum absolute atomic E-state index is 13.8. The van der Waals surface area contributed by atoms with Gasteiger partial charge in [-0.1, -0.05) is 42.0 Å². The predicted molar refractivity (Wildman–Crippen MR) is 138 cm³/mol. The topological polar surface area (TPSA) is 66.0 Å². The van der Waals surface area contributed by atoms with E-state index in [-0.39, 0.29) is 32.0 Å². The zero-order valence-electron chi connectivity index (χ0n) is 22.6. The average Bonchev–Trinajstić information content (AvgIpc) is 3.65. The highest BCUT2D eigenvalue weighted by atomic mass is 19.4. The number of fused-ring (bicyclic) bond motifs is 1. The molecule has 3 aliphatic rings. The predicted octanol–water partition coefficient (Wildman–Crippen LogP) is 5.69. The molecule has 0 radical (unpaired) electrons. The number of ether oxygens (including phenoxy) is 4. The van der Waals surface area contributed by atoms with Crippen molar-refractivity contribution in [3.05, 3.63) is 70.8 Å². The fourth-order valence-corrected chi connectivity index (χ4v) is 5.49. The molecule has 3 fully saturated rings. The van der Waals surface area contributed by atoms with E-state index in [4.69, 9.17) is 18.9 Å². The van der Waals surface area contributed by atoms with Crippen molar-refractivity contribution in [1.82, 2.24) is 5.32 Å². The molecule has 0 unspecified atom stereocenters. The maximum atomic E-state index is 13.8. The van der Waals surface area contributed by atoms with Crippen molar-refractivity contribution in [2.45, 2.75) is 95.5 Å². The molecule has 39 heavy (non-hydrogen) atoms. The number of amides is 1. The zero-order chi connectivity index (χ0) is 27.8. The Kier molecular flexibility index (Phi) is 7.81. The van der Waals surface area contributed by atoms with Crippen LogP contribution >= 0.6 is 0 Å². The number of halogens is 3. The summed E-state index contributed by atoms with van der Waals surface area (Å²) in [5.41, 5.74) is 0.430. The third kappa shape index (κ3) is 6.82. The van der Waals surface area contributed by atoms with E-state index >= 15 is 0 Å². The Morgan fingerprint density at radius 2 is 1.74 bits per heavy atom. The van der Waals surface area contributed by atoms with E-state index in [9.17, 15) is 18.0 Å². The molecule has 1 heterocycles. The average molecular weight is 548 g/mol. The molecule has 1 aliphatic heterocycles. The van der Waals surface area contributed by atoms with Crippen LogP contribution in [0.15, 0.2) is 48.5 Å². The summed E-state index contributed by atoms with van der Waals surface area (Å²) in [6.45, 7) is 6.34. The lowest BCUT2D eigenvalue weighted by Crippen LogP contribution is -2.60. The number of carbonyl (C=O) groups is 1. The van der Waals surface area contributed by atoms with Crippen LogP contribution in [0.5, 0.6) is 0 Å². The molecule has 5 rings (SSSR count). The highest BCUT2D eigenvalue weighted by Gasteiger charge is 2.58. The minimum atomic E-state index is -4.45. The third-order valence-corrected chi connectivity index (χ3v) is 7.63. The van der Waals surface area contributed by atoms with E-state index in [1.165, 1.54) is 6.07 Å². The van der Waals surface area contributed by atoms with Crippen molar-refractivity contribution in [3.8, 4) is 0 Å². The van der Waals surface area contributed by atoms with E-state index in [0.717, 1.165) is 36.1 Å². The summed E-state index contributed by atoms with van der Waals surface area (Å²) < 4.78 is 64.9. The van der Waals surface area contributed by atoms with E-state index in [1.807, 2.05) is 31.2 Å². The van der Waals surface area contributed by atoms with Crippen molar-refractivity contribution in [3.63, 3.8) is 0 Å². The van der Waals surface area contributed by atoms with Gasteiger partial charge in [-0.05, 0) is 62.8 Å². The van der Waals surface area contributed by atoms with E-state index in [0.29, 0.717) is 18.0 Å². The first-order valence-corrected chi connectivity index (χ1v) is 13.5. The van der Waals surface area contributed by atoms with Gasteiger partial charge in [0, 0.05) is 19.4 Å². The fourth-order valence-electron chi connectivity index (χ4n) is 5.49. The SMILES string of the molecule is Cc1cccc(CO[C@]2(C(=O)NCC3CC3)C[C@@H](OCc3cccc(C(F)(F)F)c3)[C@@H]3OC(C)(C)O[C@@H]3C2)c1. The minimum absolute atomic E-state index is 0.0702. The molecule has 2 aromatic rings. The Bertz CT molecular complexity index is 1180. The quantitative estimate of drug-likeness (QED) is 0.437. The number of aryl methyl sites for hydroxylation is 1. The molecule has 9 heteroatoms. The van der Waals surface area contributed by atoms with Gasteiger partial charge in [-0.2, -0.15) is 13.2 Å². The summed E-state index contributed by atoms with van der Waals surface area (Å²) in [5, 5.41) is 3.08. The third-order valence-electron chi connectivity index (χ3n) is 7.63. The molecule has 2 saturated carbocycles. The molecule has 1 amide bonds. The van der Waals surface area contributed by atoms with Gasteiger partial charge in [-0.25, -0.2) is 0 Å². The lowest BCUT2D eigenvalue weighted by Gasteiger charge is -2.43. The van der Waals surface area contributed by atoms with Gasteiger partial charge in [-0.15, -0.1) is 0 Å². The summed E-state index contributed by atoms with van der Waals surface area (Å²) in [6.07, 6.45) is -3.39. The van der Waals surface area contributed by atoms with Gasteiger partial charge >= 0.3 is 6.18 Å². The second-order valence-electron chi connectivity index (χ2n) is 11.5. The number of benzene rings is 2. The van der Waals surface area contributed by atoms with Gasteiger partial charge in [0.25, 0.3) is 5.91 Å². The zero-order valence-corrected chi connectivity index (χ0v) is 22.6. The van der Waals surface area contributed by atoms with Gasteiger partial charge in [0.2, 0.25) is 0 Å². The van der Waals surface area contributed by atoms with E-state index in [2.05, 4.69) is 5.32 Å². The molecule has 1 saturated heterocycles. The molecule has 2 aromatic carbocycles. The highest BCUT2D eigenvalue weighted by molar-refractivity contribution is 5.85. The first-order chi connectivity index (χ1) is 18.4. The first-order valence-electron chi connectivity index (χ1n) is 13.5. The van der Waals surface area contributed by atoms with Crippen LogP contribution in [0.4, 0.5) is 13.2 Å². The van der Waals surface area contributed by atoms with Crippen molar-refractivity contribution in [2.75, 3.05) is 6.54 Å². The Morgan fingerprint density at radius 3 is 2.44 bits per heavy atom. The lowest BCUT2D eigenvalue weighted by atomic mass is 9.78. The Balaban J connectivity index is 1.39. The number of hydrogen-bond acceptors (Lipinski definition) is 5. The van der Waals surface area contributed by atoms with Gasteiger partial charge in [0.1, 0.15) is 6.10 Å². The second-order valence-corrected chi connectivity index (χ2v) is 11.5. The van der Waals surface area contributed by atoms with Crippen LogP contribution in [0.3, 0.4) is 0 Å². The van der Waals surface area contributed by atoms with Crippen LogP contribution in [0, 0.1) is 12.8 Å². The fraction of sp³-hybridized carbons (Fsp3) is 0.567. The summed E-state index contributed by atoms with van der Waals surface area (Å²) in [7, 11) is 0. The summed E-state index contributed by atoms with van der Waals surface area (Å²) >= 11 is 0. The highest BCUT2D eigenvalue weighted by Crippen LogP contribution is 2.44. The molecule has 0 bridgehead atoms. The van der Waals surface area contributed by atoms with Crippen LogP contribution in [-0.4, -0.2) is 42.2 Å². The van der Waals surface area contributed by atoms with Crippen molar-refractivity contribution in [2.24, 2.45) is 5.92 Å². The van der Waals surface area contributed by atoms with Crippen LogP contribution < -0.4 is 5.32 Å². The molecular weight excluding hydrogens is 511 g/mol. The van der Waals surface area contributed by atoms with Crippen molar-refractivity contribution < 1.29 is 36.9 Å². The van der Waals surface area contributed by atoms with Gasteiger partial charge < -0.3 is 24.3 Å². The summed E-state index contributed by atoms with van der Waals surface area (Å²) in [6, 6.07) is 13.0.